The van der Waals surface area contributed by atoms with Crippen LogP contribution in [0.1, 0.15) is 19.3 Å². The van der Waals surface area contributed by atoms with E-state index in [2.05, 4.69) is 26.2 Å². The molecule has 4 heterocycles. The van der Waals surface area contributed by atoms with Gasteiger partial charge in [0, 0.05) is 37.0 Å². The molecule has 1 fully saturated rings. The number of H-pyrrole nitrogens is 1. The number of nitriles is 1. The van der Waals surface area contributed by atoms with E-state index in [0.29, 0.717) is 54.9 Å². The molecule has 0 radical (unpaired) electrons. The van der Waals surface area contributed by atoms with Crippen molar-refractivity contribution in [2.45, 2.75) is 25.4 Å². The summed E-state index contributed by atoms with van der Waals surface area (Å²) in [5.74, 6) is 0.193. The summed E-state index contributed by atoms with van der Waals surface area (Å²) in [6, 6.07) is 8.76. The Bertz CT molecular complexity index is 997. The van der Waals surface area contributed by atoms with Gasteiger partial charge in [0.25, 0.3) is 0 Å². The van der Waals surface area contributed by atoms with Crippen molar-refractivity contribution in [1.82, 2.24) is 20.2 Å². The van der Waals surface area contributed by atoms with E-state index in [1.807, 2.05) is 11.0 Å². The van der Waals surface area contributed by atoms with Crippen LogP contribution in [-0.2, 0) is 0 Å². The van der Waals surface area contributed by atoms with Gasteiger partial charge in [-0.1, -0.05) is 0 Å². The number of nitrogens with one attached hydrogen (secondary N) is 1. The highest BCUT2D eigenvalue weighted by Gasteiger charge is 2.28. The summed E-state index contributed by atoms with van der Waals surface area (Å²) in [7, 11) is 0. The summed E-state index contributed by atoms with van der Waals surface area (Å²) in [5, 5.41) is 26.7. The highest BCUT2D eigenvalue weighted by molar-refractivity contribution is 5.89. The van der Waals surface area contributed by atoms with Gasteiger partial charge in [0.05, 0.1) is 12.2 Å². The number of piperidine rings is 1. The van der Waals surface area contributed by atoms with Crippen molar-refractivity contribution in [3.05, 3.63) is 36.3 Å². The lowest BCUT2D eigenvalue weighted by Crippen LogP contribution is -2.43. The lowest BCUT2D eigenvalue weighted by Gasteiger charge is -2.36. The number of hydrogen-bond donors (Lipinski definition) is 2. The second-order valence-corrected chi connectivity index (χ2v) is 6.73. The maximum Gasteiger partial charge on any atom is 0.155 e. The van der Waals surface area contributed by atoms with Gasteiger partial charge < -0.3 is 10.0 Å². The molecule has 0 saturated carbocycles. The predicted octanol–water partition coefficient (Wildman–Crippen LogP) is 2.65. The van der Waals surface area contributed by atoms with Gasteiger partial charge in [-0.2, -0.15) is 10.4 Å². The monoisotopic (exact) mass is 366 g/mol. The molecule has 0 bridgehead atoms. The van der Waals surface area contributed by atoms with E-state index in [-0.39, 0.29) is 11.6 Å². The number of rotatable bonds is 4. The van der Waals surface area contributed by atoms with Crippen LogP contribution in [-0.4, -0.2) is 44.5 Å². The molecule has 1 saturated heterocycles. The van der Waals surface area contributed by atoms with E-state index in [0.717, 1.165) is 0 Å². The number of nitrogens with zero attached hydrogens (tertiary/aromatic N) is 5. The van der Waals surface area contributed by atoms with Crippen LogP contribution >= 0.6 is 0 Å². The van der Waals surface area contributed by atoms with Crippen molar-refractivity contribution >= 4 is 16.9 Å². The summed E-state index contributed by atoms with van der Waals surface area (Å²) in [5.41, 5.74) is 1.18. The van der Waals surface area contributed by atoms with Gasteiger partial charge >= 0.3 is 0 Å². The van der Waals surface area contributed by atoms with Crippen LogP contribution in [0.4, 0.5) is 10.2 Å². The van der Waals surface area contributed by atoms with Crippen LogP contribution in [0.2, 0.25) is 0 Å². The number of aliphatic hydroxyl groups excluding tert-OH is 1. The highest BCUT2D eigenvalue weighted by Crippen LogP contribution is 2.30. The van der Waals surface area contributed by atoms with Crippen molar-refractivity contribution in [3.8, 4) is 17.5 Å². The smallest absolute Gasteiger partial charge is 0.155 e. The number of halogens is 1. The Morgan fingerprint density at radius 2 is 2.22 bits per heavy atom. The molecule has 0 aliphatic carbocycles. The first-order chi connectivity index (χ1) is 13.2. The molecule has 138 valence electrons. The van der Waals surface area contributed by atoms with Gasteiger partial charge in [-0.25, -0.2) is 14.4 Å². The molecule has 1 aliphatic rings. The minimum Gasteiger partial charge on any atom is -0.393 e. The highest BCUT2D eigenvalue weighted by atomic mass is 19.1. The molecule has 4 rings (SSSR count). The maximum absolute atomic E-state index is 14.5. The summed E-state index contributed by atoms with van der Waals surface area (Å²) >= 11 is 0. The number of aromatic amines is 1. The SMILES string of the molecule is N#CCCC1CN(c2ccc(F)c(-c3n[nH]c4ncccc34)n2)CCC1O. The van der Waals surface area contributed by atoms with Crippen molar-refractivity contribution < 1.29 is 9.50 Å². The summed E-state index contributed by atoms with van der Waals surface area (Å²) in [6.45, 7) is 1.22. The normalized spacial score (nSPS) is 20.0. The molecule has 2 N–H and O–H groups in total. The summed E-state index contributed by atoms with van der Waals surface area (Å²) in [6.07, 6.45) is 2.86. The van der Waals surface area contributed by atoms with Gasteiger partial charge in [0.1, 0.15) is 17.2 Å². The van der Waals surface area contributed by atoms with Crippen LogP contribution in [0.3, 0.4) is 0 Å². The molecular formula is C19H19FN6O. The molecule has 27 heavy (non-hydrogen) atoms. The third-order valence-corrected chi connectivity index (χ3v) is 5.04. The van der Waals surface area contributed by atoms with Crippen LogP contribution in [0, 0.1) is 23.1 Å². The lowest BCUT2D eigenvalue weighted by atomic mass is 9.90. The van der Waals surface area contributed by atoms with Gasteiger partial charge in [0.2, 0.25) is 0 Å². The topological polar surface area (TPSA) is 102 Å². The largest absolute Gasteiger partial charge is 0.393 e. The molecule has 0 amide bonds. The average molecular weight is 366 g/mol. The number of fused-ring (bicyclic) bond motifs is 1. The zero-order valence-electron chi connectivity index (χ0n) is 14.6. The Kier molecular flexibility index (Phi) is 4.69. The Morgan fingerprint density at radius 1 is 1.33 bits per heavy atom. The zero-order chi connectivity index (χ0) is 18.8. The average Bonchev–Trinajstić information content (AvgIpc) is 3.12. The fourth-order valence-electron chi connectivity index (χ4n) is 3.57. The Morgan fingerprint density at radius 3 is 3.07 bits per heavy atom. The van der Waals surface area contributed by atoms with Gasteiger partial charge in [-0.15, -0.1) is 0 Å². The molecule has 2 atom stereocenters. The third kappa shape index (κ3) is 3.34. The van der Waals surface area contributed by atoms with Crippen LogP contribution in [0.5, 0.6) is 0 Å². The van der Waals surface area contributed by atoms with Gasteiger partial charge in [0.15, 0.2) is 11.5 Å². The number of aromatic nitrogens is 4. The van der Waals surface area contributed by atoms with E-state index in [4.69, 9.17) is 5.26 Å². The van der Waals surface area contributed by atoms with E-state index < -0.39 is 11.9 Å². The van der Waals surface area contributed by atoms with Crippen molar-refractivity contribution in [3.63, 3.8) is 0 Å². The number of aliphatic hydroxyl groups is 1. The molecule has 1 aliphatic heterocycles. The van der Waals surface area contributed by atoms with Gasteiger partial charge in [-0.3, -0.25) is 5.10 Å². The molecule has 2 unspecified atom stereocenters. The molecule has 8 heteroatoms. The Hall–Kier alpha value is -3.05. The predicted molar refractivity (Wildman–Crippen MR) is 98.3 cm³/mol. The summed E-state index contributed by atoms with van der Waals surface area (Å²) in [4.78, 5) is 10.7. The Labute approximate surface area is 155 Å². The van der Waals surface area contributed by atoms with E-state index in [1.54, 1.807) is 18.3 Å². The fraction of sp³-hybridized carbons (Fsp3) is 0.368. The number of hydrogen-bond acceptors (Lipinski definition) is 6. The van der Waals surface area contributed by atoms with E-state index in [9.17, 15) is 9.50 Å². The van der Waals surface area contributed by atoms with Crippen molar-refractivity contribution in [1.29, 1.82) is 5.26 Å². The molecule has 3 aromatic heterocycles. The van der Waals surface area contributed by atoms with E-state index in [1.165, 1.54) is 6.07 Å². The lowest BCUT2D eigenvalue weighted by molar-refractivity contribution is 0.0840. The molecule has 0 spiro atoms. The first-order valence-corrected chi connectivity index (χ1v) is 8.93. The molecule has 3 aromatic rings. The number of pyridine rings is 2. The second-order valence-electron chi connectivity index (χ2n) is 6.73. The maximum atomic E-state index is 14.5. The van der Waals surface area contributed by atoms with Crippen molar-refractivity contribution in [2.75, 3.05) is 18.0 Å². The first-order valence-electron chi connectivity index (χ1n) is 8.93. The Balaban J connectivity index is 1.66. The van der Waals surface area contributed by atoms with Crippen LogP contribution in [0.15, 0.2) is 30.5 Å². The van der Waals surface area contributed by atoms with E-state index >= 15 is 0 Å². The third-order valence-electron chi connectivity index (χ3n) is 5.04. The van der Waals surface area contributed by atoms with Crippen LogP contribution in [0.25, 0.3) is 22.4 Å². The first kappa shape index (κ1) is 17.4. The van der Waals surface area contributed by atoms with Crippen LogP contribution < -0.4 is 4.90 Å². The fourth-order valence-corrected chi connectivity index (χ4v) is 3.57. The minimum absolute atomic E-state index is 0.00381. The standard InChI is InChI=1S/C19H19FN6O/c20-14-5-6-16(26-10-7-15(27)12(11-26)3-1-8-21)23-18(14)17-13-4-2-9-22-19(13)25-24-17/h2,4-6,9,12,15,27H,1,3,7,10-11H2,(H,22,24,25). The number of anilines is 1. The minimum atomic E-state index is -0.450. The molecule has 0 aromatic carbocycles. The molecule has 7 nitrogen and oxygen atoms in total. The zero-order valence-corrected chi connectivity index (χ0v) is 14.6. The van der Waals surface area contributed by atoms with Crippen molar-refractivity contribution in [2.24, 2.45) is 5.92 Å². The second kappa shape index (κ2) is 7.29. The quantitative estimate of drug-likeness (QED) is 0.736. The summed E-state index contributed by atoms with van der Waals surface area (Å²) < 4.78 is 14.5. The molecular weight excluding hydrogens is 347 g/mol. The van der Waals surface area contributed by atoms with Gasteiger partial charge in [-0.05, 0) is 37.1 Å².